The van der Waals surface area contributed by atoms with Crippen molar-refractivity contribution in [2.24, 2.45) is 0 Å². The van der Waals surface area contributed by atoms with Gasteiger partial charge < -0.3 is 9.26 Å². The van der Waals surface area contributed by atoms with Crippen LogP contribution in [0.5, 0.6) is 5.75 Å². The van der Waals surface area contributed by atoms with Crippen molar-refractivity contribution in [3.63, 3.8) is 0 Å². The maximum Gasteiger partial charge on any atom is 0.229 e. The zero-order valence-electron chi connectivity index (χ0n) is 10.0. The lowest BCUT2D eigenvalue weighted by molar-refractivity contribution is 0.283. The van der Waals surface area contributed by atoms with Crippen LogP contribution in [0.15, 0.2) is 27.2 Å². The Balaban J connectivity index is 1.65. The average Bonchev–Trinajstić information content (AvgIpc) is 3.08. The van der Waals surface area contributed by atoms with E-state index in [-0.39, 0.29) is 0 Å². The Hall–Kier alpha value is -1.36. The van der Waals surface area contributed by atoms with Gasteiger partial charge in [0.25, 0.3) is 0 Å². The molecular weight excluding hydrogens is 296 g/mol. The molecule has 0 atom stereocenters. The molecule has 4 nitrogen and oxygen atoms in total. The molecule has 2 aromatic rings. The van der Waals surface area contributed by atoms with E-state index < -0.39 is 0 Å². The Morgan fingerprint density at radius 3 is 3.00 bits per heavy atom. The first-order valence-corrected chi connectivity index (χ1v) is 6.73. The summed E-state index contributed by atoms with van der Waals surface area (Å²) >= 11 is 3.47. The molecule has 1 aliphatic rings. The summed E-state index contributed by atoms with van der Waals surface area (Å²) in [5.41, 5.74) is 1.19. The zero-order valence-corrected chi connectivity index (χ0v) is 11.6. The number of rotatable bonds is 4. The highest BCUT2D eigenvalue weighted by atomic mass is 79.9. The van der Waals surface area contributed by atoms with E-state index in [9.17, 15) is 0 Å². The van der Waals surface area contributed by atoms with E-state index in [1.165, 1.54) is 5.56 Å². The van der Waals surface area contributed by atoms with Gasteiger partial charge in [-0.2, -0.15) is 4.98 Å². The van der Waals surface area contributed by atoms with Crippen molar-refractivity contribution in [1.29, 1.82) is 0 Å². The van der Waals surface area contributed by atoms with Crippen molar-refractivity contribution < 1.29 is 9.26 Å². The Labute approximate surface area is 113 Å². The van der Waals surface area contributed by atoms with Gasteiger partial charge in [-0.05, 0) is 53.4 Å². The highest BCUT2D eigenvalue weighted by Gasteiger charge is 2.29. The molecule has 1 aromatic heterocycles. The quantitative estimate of drug-likeness (QED) is 0.866. The second-order valence-corrected chi connectivity index (χ2v) is 5.40. The molecule has 1 aliphatic carbocycles. The lowest BCUT2D eigenvalue weighted by Crippen LogP contribution is -1.98. The topological polar surface area (TPSA) is 48.2 Å². The first-order chi connectivity index (χ1) is 8.72. The van der Waals surface area contributed by atoms with E-state index >= 15 is 0 Å². The lowest BCUT2D eigenvalue weighted by Gasteiger charge is -2.06. The van der Waals surface area contributed by atoms with Gasteiger partial charge in [-0.1, -0.05) is 11.2 Å². The molecule has 18 heavy (non-hydrogen) atoms. The van der Waals surface area contributed by atoms with Crippen molar-refractivity contribution in [3.05, 3.63) is 40.0 Å². The van der Waals surface area contributed by atoms with Gasteiger partial charge in [-0.15, -0.1) is 0 Å². The zero-order chi connectivity index (χ0) is 12.5. The van der Waals surface area contributed by atoms with Crippen molar-refractivity contribution in [3.8, 4) is 5.75 Å². The summed E-state index contributed by atoms with van der Waals surface area (Å²) in [6.45, 7) is 2.37. The van der Waals surface area contributed by atoms with E-state index in [1.54, 1.807) is 0 Å². The molecule has 0 spiro atoms. The molecule has 1 fully saturated rings. The normalized spacial score (nSPS) is 14.8. The number of nitrogens with zero attached hydrogens (tertiary/aromatic N) is 2. The van der Waals surface area contributed by atoms with Crippen molar-refractivity contribution in [2.75, 3.05) is 0 Å². The molecule has 5 heteroatoms. The largest absolute Gasteiger partial charge is 0.484 e. The first kappa shape index (κ1) is 11.7. The molecule has 94 valence electrons. The minimum Gasteiger partial charge on any atom is -0.484 e. The van der Waals surface area contributed by atoms with Crippen LogP contribution in [0.4, 0.5) is 0 Å². The molecule has 1 saturated carbocycles. The summed E-state index contributed by atoms with van der Waals surface area (Å²) in [7, 11) is 0. The van der Waals surface area contributed by atoms with E-state index in [0.717, 1.165) is 29.0 Å². The highest BCUT2D eigenvalue weighted by molar-refractivity contribution is 9.10. The number of hydrogen-bond donors (Lipinski definition) is 0. The predicted molar refractivity (Wildman–Crippen MR) is 69.5 cm³/mol. The molecule has 0 saturated heterocycles. The standard InChI is InChI=1S/C13H13BrN2O2/c1-8-2-5-11(10(14)6-8)17-7-12-15-13(18-16-12)9-3-4-9/h2,5-6,9H,3-4,7H2,1H3. The van der Waals surface area contributed by atoms with Crippen molar-refractivity contribution >= 4 is 15.9 Å². The van der Waals surface area contributed by atoms with Gasteiger partial charge in [-0.3, -0.25) is 0 Å². The summed E-state index contributed by atoms with van der Waals surface area (Å²) in [4.78, 5) is 4.32. The van der Waals surface area contributed by atoms with Gasteiger partial charge in [0.2, 0.25) is 11.7 Å². The van der Waals surface area contributed by atoms with Crippen LogP contribution in [0.2, 0.25) is 0 Å². The number of benzene rings is 1. The van der Waals surface area contributed by atoms with Crippen molar-refractivity contribution in [1.82, 2.24) is 10.1 Å². The Morgan fingerprint density at radius 2 is 2.28 bits per heavy atom. The third-order valence-electron chi connectivity index (χ3n) is 2.85. The monoisotopic (exact) mass is 308 g/mol. The molecular formula is C13H13BrN2O2. The summed E-state index contributed by atoms with van der Waals surface area (Å²) in [6, 6.07) is 5.95. The second-order valence-electron chi connectivity index (χ2n) is 4.55. The maximum absolute atomic E-state index is 5.66. The van der Waals surface area contributed by atoms with Gasteiger partial charge >= 0.3 is 0 Å². The van der Waals surface area contributed by atoms with Gasteiger partial charge in [0, 0.05) is 5.92 Å². The van der Waals surface area contributed by atoms with Crippen LogP contribution in [0.3, 0.4) is 0 Å². The number of aryl methyl sites for hydroxylation is 1. The van der Waals surface area contributed by atoms with Crippen LogP contribution in [-0.4, -0.2) is 10.1 Å². The fraction of sp³-hybridized carbons (Fsp3) is 0.385. The molecule has 0 unspecified atom stereocenters. The average molecular weight is 309 g/mol. The number of hydrogen-bond acceptors (Lipinski definition) is 4. The SMILES string of the molecule is Cc1ccc(OCc2noc(C3CC3)n2)c(Br)c1. The van der Waals surface area contributed by atoms with Gasteiger partial charge in [0.1, 0.15) is 5.75 Å². The molecule has 0 radical (unpaired) electrons. The fourth-order valence-electron chi connectivity index (χ4n) is 1.69. The number of aromatic nitrogens is 2. The number of ether oxygens (including phenoxy) is 1. The van der Waals surface area contributed by atoms with Gasteiger partial charge in [-0.25, -0.2) is 0 Å². The Kier molecular flexibility index (Phi) is 3.07. The lowest BCUT2D eigenvalue weighted by atomic mass is 10.2. The van der Waals surface area contributed by atoms with Crippen LogP contribution in [0, 0.1) is 6.92 Å². The second kappa shape index (κ2) is 4.72. The van der Waals surface area contributed by atoms with E-state index in [4.69, 9.17) is 9.26 Å². The van der Waals surface area contributed by atoms with E-state index in [2.05, 4.69) is 26.1 Å². The highest BCUT2D eigenvalue weighted by Crippen LogP contribution is 2.38. The Morgan fingerprint density at radius 1 is 1.44 bits per heavy atom. The predicted octanol–water partition coefficient (Wildman–Crippen LogP) is 3.60. The minimum atomic E-state index is 0.331. The number of halogens is 1. The summed E-state index contributed by atoms with van der Waals surface area (Å²) in [6.07, 6.45) is 2.32. The van der Waals surface area contributed by atoms with Gasteiger partial charge in [0.05, 0.1) is 4.47 Å². The fourth-order valence-corrected chi connectivity index (χ4v) is 2.30. The van der Waals surface area contributed by atoms with Crippen LogP contribution in [0.1, 0.15) is 36.0 Å². The molecule has 1 aromatic carbocycles. The summed E-state index contributed by atoms with van der Waals surface area (Å²) in [5.74, 6) is 2.62. The minimum absolute atomic E-state index is 0.331. The summed E-state index contributed by atoms with van der Waals surface area (Å²) < 4.78 is 11.8. The third kappa shape index (κ3) is 2.56. The molecule has 0 bridgehead atoms. The van der Waals surface area contributed by atoms with Crippen LogP contribution < -0.4 is 4.74 Å². The Bertz CT molecular complexity index is 564. The molecule has 0 N–H and O–H groups in total. The van der Waals surface area contributed by atoms with Crippen LogP contribution >= 0.6 is 15.9 Å². The molecule has 3 rings (SSSR count). The van der Waals surface area contributed by atoms with Crippen LogP contribution in [0.25, 0.3) is 0 Å². The first-order valence-electron chi connectivity index (χ1n) is 5.94. The molecule has 1 heterocycles. The smallest absolute Gasteiger partial charge is 0.229 e. The molecule has 0 aliphatic heterocycles. The molecule has 0 amide bonds. The van der Waals surface area contributed by atoms with E-state index in [0.29, 0.717) is 18.3 Å². The summed E-state index contributed by atoms with van der Waals surface area (Å²) in [5, 5.41) is 3.91. The van der Waals surface area contributed by atoms with Crippen molar-refractivity contribution in [2.45, 2.75) is 32.3 Å². The van der Waals surface area contributed by atoms with Gasteiger partial charge in [0.15, 0.2) is 6.61 Å². The maximum atomic E-state index is 5.66. The van der Waals surface area contributed by atoms with Crippen LogP contribution in [-0.2, 0) is 6.61 Å². The van der Waals surface area contributed by atoms with E-state index in [1.807, 2.05) is 25.1 Å². The third-order valence-corrected chi connectivity index (χ3v) is 3.47.